The molecule has 1 N–H and O–H groups in total. The first-order chi connectivity index (χ1) is 11.2. The fraction of sp³-hybridized carbons (Fsp3) is 0.211. The molecule has 118 valence electrons. The molecule has 1 aliphatic heterocycles. The monoisotopic (exact) mass is 311 g/mol. The highest BCUT2D eigenvalue weighted by Crippen LogP contribution is 2.26. The minimum absolute atomic E-state index is 0.182. The van der Waals surface area contributed by atoms with Crippen LogP contribution in [0.5, 0.6) is 5.75 Å². The standard InChI is InChI=1S/C19H18FNO2/c20-17-4-2-1-3-15(17)9-11-21-19(22)8-6-14-5-7-18-16(13-14)10-12-23-18/h1-8,13H,9-12H2,(H,21,22)/b8-6+. The van der Waals surface area contributed by atoms with E-state index in [-0.39, 0.29) is 11.7 Å². The van der Waals surface area contributed by atoms with E-state index in [2.05, 4.69) is 5.32 Å². The predicted octanol–water partition coefficient (Wildman–Crippen LogP) is 3.13. The summed E-state index contributed by atoms with van der Waals surface area (Å²) in [5.41, 5.74) is 2.75. The summed E-state index contributed by atoms with van der Waals surface area (Å²) in [6.07, 6.45) is 4.66. The van der Waals surface area contributed by atoms with Crippen LogP contribution in [0.3, 0.4) is 0 Å². The average Bonchev–Trinajstić information content (AvgIpc) is 3.02. The molecule has 0 unspecified atom stereocenters. The number of carbonyl (C=O) groups is 1. The number of hydrogen-bond donors (Lipinski definition) is 1. The lowest BCUT2D eigenvalue weighted by atomic mass is 10.1. The number of nitrogens with one attached hydrogen (secondary N) is 1. The van der Waals surface area contributed by atoms with E-state index in [1.54, 1.807) is 24.3 Å². The quantitative estimate of drug-likeness (QED) is 0.862. The van der Waals surface area contributed by atoms with Crippen molar-refractivity contribution in [1.82, 2.24) is 5.32 Å². The van der Waals surface area contributed by atoms with Crippen LogP contribution in [-0.2, 0) is 17.6 Å². The number of rotatable bonds is 5. The van der Waals surface area contributed by atoms with Crippen LogP contribution in [0.4, 0.5) is 4.39 Å². The van der Waals surface area contributed by atoms with E-state index in [1.165, 1.54) is 17.7 Å². The van der Waals surface area contributed by atoms with Gasteiger partial charge in [-0.2, -0.15) is 0 Å². The van der Waals surface area contributed by atoms with Crippen molar-refractivity contribution in [2.75, 3.05) is 13.2 Å². The van der Waals surface area contributed by atoms with Gasteiger partial charge in [-0.05, 0) is 47.4 Å². The number of carbonyl (C=O) groups excluding carboxylic acids is 1. The largest absolute Gasteiger partial charge is 0.493 e. The Morgan fingerprint density at radius 1 is 1.26 bits per heavy atom. The van der Waals surface area contributed by atoms with Crippen LogP contribution in [0.2, 0.25) is 0 Å². The van der Waals surface area contributed by atoms with E-state index in [4.69, 9.17) is 4.74 Å². The smallest absolute Gasteiger partial charge is 0.244 e. The first kappa shape index (κ1) is 15.3. The van der Waals surface area contributed by atoms with E-state index < -0.39 is 0 Å². The maximum Gasteiger partial charge on any atom is 0.244 e. The van der Waals surface area contributed by atoms with Crippen molar-refractivity contribution < 1.29 is 13.9 Å². The Labute approximate surface area is 134 Å². The molecule has 2 aromatic rings. The van der Waals surface area contributed by atoms with Crippen LogP contribution < -0.4 is 10.1 Å². The van der Waals surface area contributed by atoms with Crippen molar-refractivity contribution in [2.45, 2.75) is 12.8 Å². The summed E-state index contributed by atoms with van der Waals surface area (Å²) in [6, 6.07) is 12.5. The maximum absolute atomic E-state index is 13.5. The predicted molar refractivity (Wildman–Crippen MR) is 87.8 cm³/mol. The van der Waals surface area contributed by atoms with Gasteiger partial charge in [0.1, 0.15) is 11.6 Å². The first-order valence-electron chi connectivity index (χ1n) is 7.67. The van der Waals surface area contributed by atoms with Crippen LogP contribution in [0.25, 0.3) is 6.08 Å². The molecule has 2 aromatic carbocycles. The number of benzene rings is 2. The molecule has 3 rings (SSSR count). The molecule has 1 aliphatic rings. The summed E-state index contributed by atoms with van der Waals surface area (Å²) in [4.78, 5) is 11.8. The Kier molecular flexibility index (Phi) is 4.71. The van der Waals surface area contributed by atoms with E-state index in [0.29, 0.717) is 18.5 Å². The lowest BCUT2D eigenvalue weighted by molar-refractivity contribution is -0.116. The van der Waals surface area contributed by atoms with Gasteiger partial charge in [0.15, 0.2) is 0 Å². The average molecular weight is 311 g/mol. The molecule has 0 spiro atoms. The Morgan fingerprint density at radius 3 is 3.00 bits per heavy atom. The summed E-state index contributed by atoms with van der Waals surface area (Å²) in [6.45, 7) is 1.13. The van der Waals surface area contributed by atoms with E-state index >= 15 is 0 Å². The van der Waals surface area contributed by atoms with Crippen molar-refractivity contribution in [1.29, 1.82) is 0 Å². The van der Waals surface area contributed by atoms with Crippen LogP contribution in [0.15, 0.2) is 48.5 Å². The summed E-state index contributed by atoms with van der Waals surface area (Å²) >= 11 is 0. The minimum Gasteiger partial charge on any atom is -0.493 e. The zero-order valence-corrected chi connectivity index (χ0v) is 12.7. The van der Waals surface area contributed by atoms with Gasteiger partial charge in [-0.1, -0.05) is 24.3 Å². The van der Waals surface area contributed by atoms with Crippen molar-refractivity contribution in [2.24, 2.45) is 0 Å². The highest BCUT2D eigenvalue weighted by molar-refractivity contribution is 5.91. The molecule has 4 heteroatoms. The molecule has 3 nitrogen and oxygen atoms in total. The molecule has 1 amide bonds. The Balaban J connectivity index is 1.50. The van der Waals surface area contributed by atoms with Crippen LogP contribution in [0, 0.1) is 5.82 Å². The molecule has 0 aromatic heterocycles. The maximum atomic E-state index is 13.5. The van der Waals surface area contributed by atoms with Gasteiger partial charge in [-0.25, -0.2) is 4.39 Å². The number of hydrogen-bond acceptors (Lipinski definition) is 2. The molecule has 0 bridgehead atoms. The van der Waals surface area contributed by atoms with Gasteiger partial charge in [0.25, 0.3) is 0 Å². The molecular weight excluding hydrogens is 293 g/mol. The lowest BCUT2D eigenvalue weighted by Gasteiger charge is -2.04. The molecule has 0 aliphatic carbocycles. The van der Waals surface area contributed by atoms with Gasteiger partial charge in [0.2, 0.25) is 5.91 Å². The molecule has 0 saturated carbocycles. The Hall–Kier alpha value is -2.62. The lowest BCUT2D eigenvalue weighted by Crippen LogP contribution is -2.23. The zero-order valence-electron chi connectivity index (χ0n) is 12.7. The second-order valence-corrected chi connectivity index (χ2v) is 5.43. The molecule has 1 heterocycles. The van der Waals surface area contributed by atoms with Crippen molar-refractivity contribution in [3.05, 3.63) is 71.0 Å². The number of amides is 1. The highest BCUT2D eigenvalue weighted by atomic mass is 19.1. The second-order valence-electron chi connectivity index (χ2n) is 5.43. The van der Waals surface area contributed by atoms with Crippen molar-refractivity contribution >= 4 is 12.0 Å². The topological polar surface area (TPSA) is 38.3 Å². The van der Waals surface area contributed by atoms with Gasteiger partial charge < -0.3 is 10.1 Å². The van der Waals surface area contributed by atoms with Gasteiger partial charge in [0, 0.05) is 19.0 Å². The van der Waals surface area contributed by atoms with Crippen LogP contribution in [-0.4, -0.2) is 19.1 Å². The van der Waals surface area contributed by atoms with Crippen LogP contribution >= 0.6 is 0 Å². The summed E-state index contributed by atoms with van der Waals surface area (Å²) in [5.74, 6) is 0.507. The molecule has 0 fully saturated rings. The SMILES string of the molecule is O=C(/C=C/c1ccc2c(c1)CCO2)NCCc1ccccc1F. The van der Waals surface area contributed by atoms with E-state index in [0.717, 1.165) is 24.3 Å². The third-order valence-electron chi connectivity index (χ3n) is 3.79. The fourth-order valence-corrected chi connectivity index (χ4v) is 2.56. The second kappa shape index (κ2) is 7.09. The third kappa shape index (κ3) is 3.97. The molecule has 0 saturated heterocycles. The van der Waals surface area contributed by atoms with Crippen molar-refractivity contribution in [3.8, 4) is 5.75 Å². The highest BCUT2D eigenvalue weighted by Gasteiger charge is 2.11. The van der Waals surface area contributed by atoms with Gasteiger partial charge >= 0.3 is 0 Å². The number of halogens is 1. The van der Waals surface area contributed by atoms with Crippen LogP contribution in [0.1, 0.15) is 16.7 Å². The minimum atomic E-state index is -0.238. The van der Waals surface area contributed by atoms with Gasteiger partial charge in [0.05, 0.1) is 6.61 Å². The summed E-state index contributed by atoms with van der Waals surface area (Å²) in [5, 5.41) is 2.76. The number of ether oxygens (including phenoxy) is 1. The normalized spacial score (nSPS) is 12.9. The number of fused-ring (bicyclic) bond motifs is 1. The molecule has 0 radical (unpaired) electrons. The van der Waals surface area contributed by atoms with Crippen molar-refractivity contribution in [3.63, 3.8) is 0 Å². The van der Waals surface area contributed by atoms with Gasteiger partial charge in [-0.3, -0.25) is 4.79 Å². The Morgan fingerprint density at radius 2 is 2.13 bits per heavy atom. The molecule has 0 atom stereocenters. The summed E-state index contributed by atoms with van der Waals surface area (Å²) in [7, 11) is 0. The Bertz CT molecular complexity index is 740. The fourth-order valence-electron chi connectivity index (χ4n) is 2.56. The first-order valence-corrected chi connectivity index (χ1v) is 7.67. The third-order valence-corrected chi connectivity index (χ3v) is 3.79. The zero-order chi connectivity index (χ0) is 16.1. The van der Waals surface area contributed by atoms with E-state index in [9.17, 15) is 9.18 Å². The summed E-state index contributed by atoms with van der Waals surface area (Å²) < 4.78 is 18.9. The van der Waals surface area contributed by atoms with Gasteiger partial charge in [-0.15, -0.1) is 0 Å². The molecule has 23 heavy (non-hydrogen) atoms. The molecular formula is C19H18FNO2. The van der Waals surface area contributed by atoms with E-state index in [1.807, 2.05) is 18.2 Å².